The van der Waals surface area contributed by atoms with Gasteiger partial charge in [0, 0.05) is 51.6 Å². The molecule has 0 spiro atoms. The molecule has 0 atom stereocenters. The highest BCUT2D eigenvalue weighted by Gasteiger charge is 2.30. The van der Waals surface area contributed by atoms with E-state index in [0.29, 0.717) is 43.5 Å². The third kappa shape index (κ3) is 5.74. The Morgan fingerprint density at radius 1 is 1.06 bits per heavy atom. The van der Waals surface area contributed by atoms with E-state index in [1.54, 1.807) is 7.11 Å². The van der Waals surface area contributed by atoms with Gasteiger partial charge in [-0.2, -0.15) is 4.98 Å². The van der Waals surface area contributed by atoms with Crippen LogP contribution in [0.4, 0.5) is 5.95 Å². The van der Waals surface area contributed by atoms with E-state index < -0.39 is 0 Å². The number of carbonyl (C=O) groups excluding carboxylic acids is 1. The van der Waals surface area contributed by atoms with E-state index in [4.69, 9.17) is 19.4 Å². The number of carbonyl (C=O) groups is 1. The molecule has 4 rings (SSSR count). The third-order valence-corrected chi connectivity index (χ3v) is 6.09. The number of ether oxygens (including phenoxy) is 2. The molecule has 0 unspecified atom stereocenters. The van der Waals surface area contributed by atoms with Gasteiger partial charge in [-0.15, -0.1) is 0 Å². The predicted octanol–water partition coefficient (Wildman–Crippen LogP) is 3.35. The number of hydrogen-bond donors (Lipinski definition) is 0. The Morgan fingerprint density at radius 2 is 1.79 bits per heavy atom. The highest BCUT2D eigenvalue weighted by Crippen LogP contribution is 2.33. The molecule has 1 fully saturated rings. The molecular formula is C25H35N5O3. The van der Waals surface area contributed by atoms with Crippen molar-refractivity contribution in [3.05, 3.63) is 35.5 Å². The number of methoxy groups -OCH3 is 1. The van der Waals surface area contributed by atoms with Crippen molar-refractivity contribution >= 4 is 11.9 Å². The fraction of sp³-hybridized carbons (Fsp3) is 0.560. The lowest BCUT2D eigenvalue weighted by Gasteiger charge is -2.34. The van der Waals surface area contributed by atoms with Crippen molar-refractivity contribution in [1.29, 1.82) is 0 Å². The van der Waals surface area contributed by atoms with Crippen molar-refractivity contribution < 1.29 is 14.3 Å². The Hall–Kier alpha value is -2.87. The largest absolute Gasteiger partial charge is 0.497 e. The van der Waals surface area contributed by atoms with Crippen LogP contribution in [0.3, 0.4) is 0 Å². The van der Waals surface area contributed by atoms with Gasteiger partial charge in [-0.25, -0.2) is 4.98 Å². The van der Waals surface area contributed by atoms with Crippen molar-refractivity contribution in [3.8, 4) is 17.4 Å². The summed E-state index contributed by atoms with van der Waals surface area (Å²) in [6, 6.07) is 7.50. The Kier molecular flexibility index (Phi) is 6.74. The van der Waals surface area contributed by atoms with Crippen LogP contribution in [0.5, 0.6) is 17.4 Å². The summed E-state index contributed by atoms with van der Waals surface area (Å²) in [5.74, 6) is 2.75. The van der Waals surface area contributed by atoms with Gasteiger partial charge in [0.1, 0.15) is 11.5 Å². The van der Waals surface area contributed by atoms with E-state index in [1.165, 1.54) is 0 Å². The van der Waals surface area contributed by atoms with Gasteiger partial charge in [0.15, 0.2) is 0 Å². The first-order valence-corrected chi connectivity index (χ1v) is 11.6. The summed E-state index contributed by atoms with van der Waals surface area (Å²) in [6.45, 7) is 11.1. The summed E-state index contributed by atoms with van der Waals surface area (Å²) in [5, 5.41) is 0. The zero-order chi connectivity index (χ0) is 23.6. The van der Waals surface area contributed by atoms with Crippen LogP contribution in [0, 0.1) is 5.41 Å². The number of benzene rings is 1. The van der Waals surface area contributed by atoms with Crippen molar-refractivity contribution in [1.82, 2.24) is 19.8 Å². The van der Waals surface area contributed by atoms with E-state index in [9.17, 15) is 4.79 Å². The molecule has 1 saturated heterocycles. The molecule has 178 valence electrons. The molecule has 1 aromatic heterocycles. The van der Waals surface area contributed by atoms with Gasteiger partial charge >= 0.3 is 0 Å². The summed E-state index contributed by atoms with van der Waals surface area (Å²) in [5.41, 5.74) is 1.81. The van der Waals surface area contributed by atoms with Crippen molar-refractivity contribution in [2.45, 2.75) is 40.2 Å². The minimum atomic E-state index is -0.0565. The monoisotopic (exact) mass is 453 g/mol. The minimum Gasteiger partial charge on any atom is -0.497 e. The summed E-state index contributed by atoms with van der Waals surface area (Å²) >= 11 is 0. The minimum absolute atomic E-state index is 0.0565. The van der Waals surface area contributed by atoms with Crippen LogP contribution in [-0.2, 0) is 17.8 Å². The Morgan fingerprint density at radius 3 is 2.48 bits per heavy atom. The fourth-order valence-corrected chi connectivity index (χ4v) is 4.16. The van der Waals surface area contributed by atoms with Crippen LogP contribution in [0.1, 0.15) is 38.4 Å². The maximum Gasteiger partial charge on any atom is 0.229 e. The zero-order valence-electron chi connectivity index (χ0n) is 20.4. The Labute approximate surface area is 196 Å². The number of fused-ring (bicyclic) bond motifs is 1. The molecule has 3 heterocycles. The van der Waals surface area contributed by atoms with Crippen molar-refractivity contribution in [3.63, 3.8) is 0 Å². The molecule has 0 N–H and O–H groups in total. The summed E-state index contributed by atoms with van der Waals surface area (Å²) in [7, 11) is 3.77. The van der Waals surface area contributed by atoms with E-state index in [2.05, 4.69) is 37.6 Å². The molecule has 0 saturated carbocycles. The second kappa shape index (κ2) is 9.55. The highest BCUT2D eigenvalue weighted by atomic mass is 16.5. The number of aromatic nitrogens is 2. The number of likely N-dealkylation sites (N-methyl/N-ethyl adjacent to an activating group) is 1. The SMILES string of the molecule is COc1cccc(Oc2nc(N3CCN(C)CC3)nc3c2CN(C(=O)CC(C)(C)C)CC3)c1. The Bertz CT molecular complexity index is 996. The number of hydrogen-bond acceptors (Lipinski definition) is 7. The first kappa shape index (κ1) is 23.3. The number of nitrogens with zero attached hydrogens (tertiary/aromatic N) is 5. The molecule has 0 radical (unpaired) electrons. The lowest BCUT2D eigenvalue weighted by atomic mass is 9.91. The van der Waals surface area contributed by atoms with Gasteiger partial charge < -0.3 is 24.2 Å². The van der Waals surface area contributed by atoms with Gasteiger partial charge in [-0.1, -0.05) is 26.8 Å². The maximum absolute atomic E-state index is 12.9. The average molecular weight is 454 g/mol. The standard InChI is InChI=1S/C25H35N5O3/c1-25(2,3)16-22(31)30-10-9-21-20(17-30)23(33-19-8-6-7-18(15-19)32-5)27-24(26-21)29-13-11-28(4)12-14-29/h6-8,15H,9-14,16-17H2,1-5H3. The molecule has 33 heavy (non-hydrogen) atoms. The highest BCUT2D eigenvalue weighted by molar-refractivity contribution is 5.77. The molecule has 1 aromatic carbocycles. The second-order valence-electron chi connectivity index (χ2n) is 10.1. The first-order chi connectivity index (χ1) is 15.7. The van der Waals surface area contributed by atoms with Gasteiger partial charge in [0.2, 0.25) is 17.7 Å². The number of rotatable bonds is 5. The number of anilines is 1. The lowest BCUT2D eigenvalue weighted by Crippen LogP contribution is -2.45. The topological polar surface area (TPSA) is 71.0 Å². The number of piperazine rings is 1. The van der Waals surface area contributed by atoms with Crippen LogP contribution in [0.2, 0.25) is 0 Å². The molecule has 8 heteroatoms. The molecule has 8 nitrogen and oxygen atoms in total. The zero-order valence-corrected chi connectivity index (χ0v) is 20.4. The molecular weight excluding hydrogens is 418 g/mol. The van der Waals surface area contributed by atoms with Gasteiger partial charge in [0.05, 0.1) is 24.9 Å². The molecule has 0 bridgehead atoms. The normalized spacial score (nSPS) is 17.0. The van der Waals surface area contributed by atoms with Gasteiger partial charge in [-0.3, -0.25) is 4.79 Å². The maximum atomic E-state index is 12.9. The van der Waals surface area contributed by atoms with E-state index in [0.717, 1.165) is 43.2 Å². The second-order valence-corrected chi connectivity index (χ2v) is 10.1. The van der Waals surface area contributed by atoms with Gasteiger partial charge in [-0.05, 0) is 24.6 Å². The first-order valence-electron chi connectivity index (χ1n) is 11.6. The lowest BCUT2D eigenvalue weighted by molar-refractivity contribution is -0.134. The summed E-state index contributed by atoms with van der Waals surface area (Å²) in [6.07, 6.45) is 1.21. The van der Waals surface area contributed by atoms with Crippen LogP contribution < -0.4 is 14.4 Å². The molecule has 2 aliphatic rings. The van der Waals surface area contributed by atoms with Crippen LogP contribution in [0.25, 0.3) is 0 Å². The quantitative estimate of drug-likeness (QED) is 0.688. The molecule has 2 aromatic rings. The number of amides is 1. The summed E-state index contributed by atoms with van der Waals surface area (Å²) < 4.78 is 11.6. The van der Waals surface area contributed by atoms with E-state index in [-0.39, 0.29) is 11.3 Å². The van der Waals surface area contributed by atoms with E-state index in [1.807, 2.05) is 29.2 Å². The van der Waals surface area contributed by atoms with Crippen molar-refractivity contribution in [2.24, 2.45) is 5.41 Å². The molecule has 0 aliphatic carbocycles. The molecule has 1 amide bonds. The van der Waals surface area contributed by atoms with Crippen molar-refractivity contribution in [2.75, 3.05) is 51.8 Å². The van der Waals surface area contributed by atoms with Crippen LogP contribution in [0.15, 0.2) is 24.3 Å². The predicted molar refractivity (Wildman–Crippen MR) is 128 cm³/mol. The smallest absolute Gasteiger partial charge is 0.229 e. The van der Waals surface area contributed by atoms with Crippen LogP contribution in [-0.4, -0.2) is 72.6 Å². The van der Waals surface area contributed by atoms with Crippen LogP contribution >= 0.6 is 0 Å². The van der Waals surface area contributed by atoms with Gasteiger partial charge in [0.25, 0.3) is 0 Å². The third-order valence-electron chi connectivity index (χ3n) is 6.09. The molecule has 2 aliphatic heterocycles. The average Bonchev–Trinajstić information content (AvgIpc) is 2.78. The fourth-order valence-electron chi connectivity index (χ4n) is 4.16. The summed E-state index contributed by atoms with van der Waals surface area (Å²) in [4.78, 5) is 29.1. The van der Waals surface area contributed by atoms with E-state index >= 15 is 0 Å². The Balaban J connectivity index is 1.66.